The van der Waals surface area contributed by atoms with Gasteiger partial charge in [0.2, 0.25) is 6.04 Å². The summed E-state index contributed by atoms with van der Waals surface area (Å²) in [6, 6.07) is -1.27. The van der Waals surface area contributed by atoms with Crippen LogP contribution in [0.3, 0.4) is 0 Å². The van der Waals surface area contributed by atoms with Gasteiger partial charge in [-0.05, 0) is 0 Å². The summed E-state index contributed by atoms with van der Waals surface area (Å²) in [7, 11) is 1.08. The standard InChI is InChI=1S/C7H14N6O5/c1-18-6(14)5(11-12-15)2-4(13(16)17)3-10-7(8)9/h4,12,15H,2-3H2,1H3,(H4,8,9,10). The van der Waals surface area contributed by atoms with Crippen molar-refractivity contribution in [3.8, 4) is 0 Å². The summed E-state index contributed by atoms with van der Waals surface area (Å²) in [4.78, 5) is 24.7. The molecule has 0 saturated heterocycles. The van der Waals surface area contributed by atoms with Crippen LogP contribution in [0.5, 0.6) is 0 Å². The van der Waals surface area contributed by atoms with E-state index in [0.29, 0.717) is 0 Å². The molecule has 0 aliphatic heterocycles. The molecule has 0 aromatic carbocycles. The van der Waals surface area contributed by atoms with Crippen molar-refractivity contribution in [2.24, 2.45) is 21.6 Å². The van der Waals surface area contributed by atoms with Crippen LogP contribution < -0.4 is 17.1 Å². The highest BCUT2D eigenvalue weighted by Gasteiger charge is 2.26. The molecule has 0 aromatic heterocycles. The van der Waals surface area contributed by atoms with Crippen LogP contribution in [0, 0.1) is 10.1 Å². The minimum absolute atomic E-state index is 0.307. The lowest BCUT2D eigenvalue weighted by atomic mass is 10.1. The molecular formula is C7H14N6O5. The fourth-order valence-corrected chi connectivity index (χ4v) is 0.993. The molecule has 0 aliphatic rings. The Kier molecular flexibility index (Phi) is 6.73. The zero-order valence-corrected chi connectivity index (χ0v) is 9.57. The lowest BCUT2D eigenvalue weighted by Crippen LogP contribution is -2.33. The summed E-state index contributed by atoms with van der Waals surface area (Å²) in [6.45, 7) is -0.323. The Labute approximate surface area is 102 Å². The van der Waals surface area contributed by atoms with Gasteiger partial charge in [-0.2, -0.15) is 10.7 Å². The number of nitro groups is 1. The Bertz CT molecular complexity index is 363. The number of nitrogens with zero attached hydrogens (tertiary/aromatic N) is 3. The lowest BCUT2D eigenvalue weighted by Gasteiger charge is -2.08. The first-order valence-corrected chi connectivity index (χ1v) is 4.65. The van der Waals surface area contributed by atoms with Crippen LogP contribution in [0.15, 0.2) is 10.1 Å². The summed E-state index contributed by atoms with van der Waals surface area (Å²) in [5.41, 5.74) is 11.1. The minimum atomic E-state index is -1.27. The highest BCUT2D eigenvalue weighted by Crippen LogP contribution is 2.02. The van der Waals surface area contributed by atoms with Crippen molar-refractivity contribution in [2.75, 3.05) is 13.7 Å². The molecular weight excluding hydrogens is 248 g/mol. The molecule has 1 unspecified atom stereocenters. The molecule has 0 aliphatic carbocycles. The van der Waals surface area contributed by atoms with Gasteiger partial charge in [-0.3, -0.25) is 15.3 Å². The van der Waals surface area contributed by atoms with Crippen LogP contribution in [-0.2, 0) is 9.53 Å². The maximum Gasteiger partial charge on any atom is 0.354 e. The molecule has 0 heterocycles. The minimum Gasteiger partial charge on any atom is -0.464 e. The molecule has 0 spiro atoms. The Hall–Kier alpha value is -2.43. The molecule has 0 rings (SSSR count). The van der Waals surface area contributed by atoms with Crippen LogP contribution in [0.25, 0.3) is 0 Å². The van der Waals surface area contributed by atoms with E-state index in [1.807, 2.05) is 0 Å². The third-order valence-electron chi connectivity index (χ3n) is 1.82. The van der Waals surface area contributed by atoms with E-state index in [0.717, 1.165) is 7.11 Å². The van der Waals surface area contributed by atoms with E-state index in [1.54, 1.807) is 0 Å². The quantitative estimate of drug-likeness (QED) is 0.131. The lowest BCUT2D eigenvalue weighted by molar-refractivity contribution is -0.517. The number of ether oxygens (including phenoxy) is 1. The number of esters is 1. The number of carbonyl (C=O) groups excluding carboxylic acids is 1. The topological polar surface area (TPSA) is 178 Å². The molecule has 0 fully saturated rings. The first kappa shape index (κ1) is 15.6. The second kappa shape index (κ2) is 7.78. The number of nitrogens with two attached hydrogens (primary N) is 2. The number of guanidine groups is 1. The van der Waals surface area contributed by atoms with E-state index < -0.39 is 23.4 Å². The van der Waals surface area contributed by atoms with E-state index in [1.165, 1.54) is 5.59 Å². The van der Waals surface area contributed by atoms with Crippen molar-refractivity contribution in [3.05, 3.63) is 10.1 Å². The number of hydrogen-bond acceptors (Lipinski definition) is 8. The van der Waals surface area contributed by atoms with Gasteiger partial charge < -0.3 is 16.2 Å². The first-order chi connectivity index (χ1) is 8.42. The van der Waals surface area contributed by atoms with Crippen molar-refractivity contribution in [3.63, 3.8) is 0 Å². The second-order valence-corrected chi connectivity index (χ2v) is 3.06. The van der Waals surface area contributed by atoms with Gasteiger partial charge in [0.25, 0.3) is 0 Å². The van der Waals surface area contributed by atoms with Gasteiger partial charge >= 0.3 is 5.97 Å². The van der Waals surface area contributed by atoms with E-state index in [9.17, 15) is 14.9 Å². The normalized spacial score (nSPS) is 12.4. The van der Waals surface area contributed by atoms with Crippen LogP contribution in [0.2, 0.25) is 0 Å². The van der Waals surface area contributed by atoms with E-state index in [2.05, 4.69) is 14.8 Å². The molecule has 0 amide bonds. The van der Waals surface area contributed by atoms with Gasteiger partial charge in [0.1, 0.15) is 6.54 Å². The number of hydrogen-bond donors (Lipinski definition) is 4. The predicted molar refractivity (Wildman–Crippen MR) is 60.4 cm³/mol. The highest BCUT2D eigenvalue weighted by molar-refractivity contribution is 6.36. The number of hydrazone groups is 1. The van der Waals surface area contributed by atoms with Gasteiger partial charge in [-0.1, -0.05) is 0 Å². The predicted octanol–water partition coefficient (Wildman–Crippen LogP) is -2.20. The summed E-state index contributed by atoms with van der Waals surface area (Å²) < 4.78 is 4.34. The van der Waals surface area contributed by atoms with Crippen LogP contribution in [-0.4, -0.2) is 47.5 Å². The summed E-state index contributed by atoms with van der Waals surface area (Å²) in [6.07, 6.45) is -0.399. The first-order valence-electron chi connectivity index (χ1n) is 4.65. The summed E-state index contributed by atoms with van der Waals surface area (Å²) in [5, 5.41) is 22.3. The van der Waals surface area contributed by atoms with Gasteiger partial charge in [0.15, 0.2) is 11.7 Å². The Morgan fingerprint density at radius 2 is 2.22 bits per heavy atom. The van der Waals surface area contributed by atoms with Crippen molar-refractivity contribution in [1.29, 1.82) is 0 Å². The third kappa shape index (κ3) is 5.60. The number of carbonyl (C=O) groups is 1. The average molecular weight is 262 g/mol. The number of nitrogens with one attached hydrogen (secondary N) is 1. The second-order valence-electron chi connectivity index (χ2n) is 3.06. The van der Waals surface area contributed by atoms with Crippen molar-refractivity contribution < 1.29 is 19.7 Å². The molecule has 0 saturated carbocycles. The van der Waals surface area contributed by atoms with Gasteiger partial charge in [0.05, 0.1) is 13.5 Å². The maximum atomic E-state index is 11.2. The third-order valence-corrected chi connectivity index (χ3v) is 1.82. The fourth-order valence-electron chi connectivity index (χ4n) is 0.993. The molecule has 102 valence electrons. The molecule has 0 bridgehead atoms. The SMILES string of the molecule is COC(=O)C(CC(CN=C(N)N)[N+](=O)[O-])=NNO. The van der Waals surface area contributed by atoms with Crippen LogP contribution in [0.4, 0.5) is 0 Å². The van der Waals surface area contributed by atoms with Gasteiger partial charge in [-0.15, -0.1) is 0 Å². The van der Waals surface area contributed by atoms with E-state index in [4.69, 9.17) is 16.7 Å². The van der Waals surface area contributed by atoms with Gasteiger partial charge in [0, 0.05) is 4.92 Å². The van der Waals surface area contributed by atoms with E-state index >= 15 is 0 Å². The van der Waals surface area contributed by atoms with Crippen molar-refractivity contribution in [1.82, 2.24) is 5.59 Å². The van der Waals surface area contributed by atoms with Crippen molar-refractivity contribution in [2.45, 2.75) is 12.5 Å². The molecule has 11 heteroatoms. The Morgan fingerprint density at radius 3 is 2.61 bits per heavy atom. The zero-order valence-electron chi connectivity index (χ0n) is 9.57. The van der Waals surface area contributed by atoms with Crippen LogP contribution in [0.1, 0.15) is 6.42 Å². The fraction of sp³-hybridized carbons (Fsp3) is 0.571. The number of methoxy groups -OCH3 is 1. The molecule has 11 nitrogen and oxygen atoms in total. The maximum absolute atomic E-state index is 11.2. The summed E-state index contributed by atoms with van der Waals surface area (Å²) in [5.74, 6) is -1.22. The monoisotopic (exact) mass is 262 g/mol. The van der Waals surface area contributed by atoms with Crippen LogP contribution >= 0.6 is 0 Å². The number of rotatable bonds is 7. The molecule has 0 aromatic rings. The molecule has 6 N–H and O–H groups in total. The largest absolute Gasteiger partial charge is 0.464 e. The summed E-state index contributed by atoms with van der Waals surface area (Å²) >= 11 is 0. The number of aliphatic imine (C=N–C) groups is 1. The Balaban J connectivity index is 4.83. The van der Waals surface area contributed by atoms with Crippen molar-refractivity contribution >= 4 is 17.6 Å². The highest BCUT2D eigenvalue weighted by atomic mass is 16.6. The molecule has 0 radical (unpaired) electrons. The average Bonchev–Trinajstić information content (AvgIpc) is 2.31. The smallest absolute Gasteiger partial charge is 0.354 e. The van der Waals surface area contributed by atoms with Gasteiger partial charge in [-0.25, -0.2) is 9.79 Å². The Morgan fingerprint density at radius 1 is 1.61 bits per heavy atom. The zero-order chi connectivity index (χ0) is 14.1. The molecule has 1 atom stereocenters. The molecule has 18 heavy (non-hydrogen) atoms. The van der Waals surface area contributed by atoms with E-state index in [-0.39, 0.29) is 18.2 Å².